The van der Waals surface area contributed by atoms with Gasteiger partial charge in [-0.15, -0.1) is 0 Å². The van der Waals surface area contributed by atoms with Gasteiger partial charge in [-0.05, 0) is 24.5 Å². The molecule has 0 amide bonds. The Balaban J connectivity index is 1.97. The van der Waals surface area contributed by atoms with Gasteiger partial charge in [-0.1, -0.05) is 18.2 Å². The third kappa shape index (κ3) is 2.24. The Morgan fingerprint density at radius 2 is 2.21 bits per heavy atom. The summed E-state index contributed by atoms with van der Waals surface area (Å²) in [5.41, 5.74) is 9.97. The maximum Gasteiger partial charge on any atom is 0.0695 e. The van der Waals surface area contributed by atoms with Crippen LogP contribution in [0, 0.1) is 0 Å². The lowest BCUT2D eigenvalue weighted by Crippen LogP contribution is -2.37. The van der Waals surface area contributed by atoms with Crippen LogP contribution in [0.4, 0.5) is 5.69 Å². The zero-order valence-corrected chi connectivity index (χ0v) is 11.3. The number of rotatable bonds is 3. The highest BCUT2D eigenvalue weighted by molar-refractivity contribution is 5.57. The van der Waals surface area contributed by atoms with Crippen LogP contribution in [0.3, 0.4) is 0 Å². The number of benzene rings is 1. The van der Waals surface area contributed by atoms with E-state index in [9.17, 15) is 0 Å². The molecule has 2 aromatic rings. The van der Waals surface area contributed by atoms with Crippen molar-refractivity contribution in [2.45, 2.75) is 18.9 Å². The summed E-state index contributed by atoms with van der Waals surface area (Å²) in [6.45, 7) is 1.67. The number of hydrogen-bond acceptors (Lipinski definition) is 3. The summed E-state index contributed by atoms with van der Waals surface area (Å²) in [4.78, 5) is 2.43. The van der Waals surface area contributed by atoms with E-state index in [0.717, 1.165) is 13.0 Å². The van der Waals surface area contributed by atoms with Crippen molar-refractivity contribution in [2.75, 3.05) is 18.0 Å². The van der Waals surface area contributed by atoms with Crippen LogP contribution in [-0.2, 0) is 13.5 Å². The Hall–Kier alpha value is -1.81. The van der Waals surface area contributed by atoms with E-state index in [1.54, 1.807) is 0 Å². The highest BCUT2D eigenvalue weighted by atomic mass is 15.3. The van der Waals surface area contributed by atoms with Crippen molar-refractivity contribution in [1.29, 1.82) is 0 Å². The van der Waals surface area contributed by atoms with Crippen LogP contribution in [0.5, 0.6) is 0 Å². The van der Waals surface area contributed by atoms with E-state index in [0.29, 0.717) is 6.54 Å². The van der Waals surface area contributed by atoms with Crippen LogP contribution in [0.1, 0.15) is 23.6 Å². The van der Waals surface area contributed by atoms with Crippen molar-refractivity contribution in [2.24, 2.45) is 12.8 Å². The second kappa shape index (κ2) is 5.05. The van der Waals surface area contributed by atoms with Gasteiger partial charge in [0.25, 0.3) is 0 Å². The molecule has 1 atom stereocenters. The number of fused-ring (bicyclic) bond motifs is 1. The number of nitrogens with zero attached hydrogens (tertiary/aromatic N) is 3. The molecular formula is C15H20N4. The fourth-order valence-corrected chi connectivity index (χ4v) is 2.94. The van der Waals surface area contributed by atoms with E-state index in [4.69, 9.17) is 5.73 Å². The molecule has 0 fully saturated rings. The monoisotopic (exact) mass is 256 g/mol. The van der Waals surface area contributed by atoms with Gasteiger partial charge < -0.3 is 10.6 Å². The van der Waals surface area contributed by atoms with Gasteiger partial charge in [-0.3, -0.25) is 4.68 Å². The summed E-state index contributed by atoms with van der Waals surface area (Å²) in [6, 6.07) is 8.86. The first-order chi connectivity index (χ1) is 9.29. The molecular weight excluding hydrogens is 236 g/mol. The van der Waals surface area contributed by atoms with E-state index < -0.39 is 0 Å². The molecule has 2 heterocycles. The lowest BCUT2D eigenvalue weighted by Gasteiger charge is -2.37. The molecule has 0 radical (unpaired) electrons. The van der Waals surface area contributed by atoms with Crippen molar-refractivity contribution in [3.63, 3.8) is 0 Å². The molecule has 1 aromatic heterocycles. The van der Waals surface area contributed by atoms with Crippen LogP contribution in [0.25, 0.3) is 0 Å². The first-order valence-electron chi connectivity index (χ1n) is 6.83. The van der Waals surface area contributed by atoms with Crippen molar-refractivity contribution >= 4 is 5.69 Å². The van der Waals surface area contributed by atoms with Gasteiger partial charge in [0.2, 0.25) is 0 Å². The first kappa shape index (κ1) is 12.2. The van der Waals surface area contributed by atoms with Crippen molar-refractivity contribution in [1.82, 2.24) is 9.78 Å². The lowest BCUT2D eigenvalue weighted by molar-refractivity contribution is 0.587. The number of hydrogen-bond donors (Lipinski definition) is 1. The quantitative estimate of drug-likeness (QED) is 0.912. The number of para-hydroxylation sites is 1. The van der Waals surface area contributed by atoms with Crippen molar-refractivity contribution < 1.29 is 0 Å². The minimum Gasteiger partial charge on any atom is -0.363 e. The highest BCUT2D eigenvalue weighted by Gasteiger charge is 2.25. The van der Waals surface area contributed by atoms with E-state index in [1.807, 2.05) is 17.9 Å². The van der Waals surface area contributed by atoms with Gasteiger partial charge in [-0.25, -0.2) is 0 Å². The third-order valence-electron chi connectivity index (χ3n) is 3.86. The standard InChI is InChI=1S/C15H20N4/c1-18-11-13(10-17-18)15(9-16)19-8-4-6-12-5-2-3-7-14(12)19/h2-3,5,7,10-11,15H,4,6,8-9,16H2,1H3. The summed E-state index contributed by atoms with van der Waals surface area (Å²) in [7, 11) is 1.95. The number of anilines is 1. The fourth-order valence-electron chi connectivity index (χ4n) is 2.94. The zero-order valence-electron chi connectivity index (χ0n) is 11.3. The molecule has 100 valence electrons. The second-order valence-corrected chi connectivity index (χ2v) is 5.12. The van der Waals surface area contributed by atoms with E-state index in [1.165, 1.54) is 23.2 Å². The minimum atomic E-state index is 0.218. The summed E-state index contributed by atoms with van der Waals surface area (Å²) >= 11 is 0. The Bertz CT molecular complexity index is 561. The number of aromatic nitrogens is 2. The zero-order chi connectivity index (χ0) is 13.2. The smallest absolute Gasteiger partial charge is 0.0695 e. The SMILES string of the molecule is Cn1cc(C(CN)N2CCCc3ccccc32)cn1. The molecule has 0 saturated heterocycles. The maximum absolute atomic E-state index is 6.02. The minimum absolute atomic E-state index is 0.218. The fraction of sp³-hybridized carbons (Fsp3) is 0.400. The predicted octanol–water partition coefficient (Wildman–Crippen LogP) is 1.87. The van der Waals surface area contributed by atoms with Crippen LogP contribution >= 0.6 is 0 Å². The van der Waals surface area contributed by atoms with Gasteiger partial charge in [0, 0.05) is 37.6 Å². The molecule has 3 rings (SSSR count). The molecule has 4 nitrogen and oxygen atoms in total. The number of aryl methyl sites for hydroxylation is 2. The topological polar surface area (TPSA) is 47.1 Å². The molecule has 2 N–H and O–H groups in total. The molecule has 1 aliphatic heterocycles. The van der Waals surface area contributed by atoms with E-state index >= 15 is 0 Å². The van der Waals surface area contributed by atoms with Gasteiger partial charge >= 0.3 is 0 Å². The molecule has 0 spiro atoms. The van der Waals surface area contributed by atoms with Crippen molar-refractivity contribution in [3.05, 3.63) is 47.8 Å². The van der Waals surface area contributed by atoms with Gasteiger partial charge in [0.1, 0.15) is 0 Å². The molecule has 19 heavy (non-hydrogen) atoms. The molecule has 1 aliphatic rings. The van der Waals surface area contributed by atoms with E-state index in [-0.39, 0.29) is 6.04 Å². The molecule has 0 bridgehead atoms. The predicted molar refractivity (Wildman–Crippen MR) is 77.1 cm³/mol. The molecule has 0 saturated carbocycles. The summed E-state index contributed by atoms with van der Waals surface area (Å²) in [5, 5.41) is 4.27. The first-order valence-corrected chi connectivity index (χ1v) is 6.83. The Labute approximate surface area is 113 Å². The van der Waals surface area contributed by atoms with Gasteiger partial charge in [-0.2, -0.15) is 5.10 Å². The molecule has 1 aromatic carbocycles. The number of nitrogens with two attached hydrogens (primary N) is 1. The highest BCUT2D eigenvalue weighted by Crippen LogP contribution is 2.33. The third-order valence-corrected chi connectivity index (χ3v) is 3.86. The van der Waals surface area contributed by atoms with Gasteiger partial charge in [0.15, 0.2) is 0 Å². The second-order valence-electron chi connectivity index (χ2n) is 5.12. The van der Waals surface area contributed by atoms with Crippen LogP contribution in [-0.4, -0.2) is 22.9 Å². The van der Waals surface area contributed by atoms with Gasteiger partial charge in [0.05, 0.1) is 12.2 Å². The molecule has 0 aliphatic carbocycles. The largest absolute Gasteiger partial charge is 0.363 e. The average Bonchev–Trinajstić information content (AvgIpc) is 2.86. The van der Waals surface area contributed by atoms with Crippen molar-refractivity contribution in [3.8, 4) is 0 Å². The molecule has 4 heteroatoms. The average molecular weight is 256 g/mol. The van der Waals surface area contributed by atoms with E-state index in [2.05, 4.69) is 40.5 Å². The Morgan fingerprint density at radius 3 is 2.95 bits per heavy atom. The summed E-state index contributed by atoms with van der Waals surface area (Å²) in [5.74, 6) is 0. The molecule has 1 unspecified atom stereocenters. The Morgan fingerprint density at radius 1 is 1.37 bits per heavy atom. The summed E-state index contributed by atoms with van der Waals surface area (Å²) < 4.78 is 1.84. The summed E-state index contributed by atoms with van der Waals surface area (Å²) in [6.07, 6.45) is 6.34. The normalized spacial score (nSPS) is 16.2. The van der Waals surface area contributed by atoms with Crippen LogP contribution in [0.2, 0.25) is 0 Å². The van der Waals surface area contributed by atoms with Crippen LogP contribution < -0.4 is 10.6 Å². The maximum atomic E-state index is 6.02. The Kier molecular flexibility index (Phi) is 3.25. The van der Waals surface area contributed by atoms with Crippen LogP contribution in [0.15, 0.2) is 36.7 Å². The lowest BCUT2D eigenvalue weighted by atomic mass is 9.98.